The SMILES string of the molecule is C=CCNC(=O)N1CCN([C@@H](C(=O)NCc2cccc(C)c2)C2CCCC2)CC1. The molecule has 0 spiro atoms. The molecule has 6 heteroatoms. The zero-order valence-electron chi connectivity index (χ0n) is 17.5. The maximum atomic E-state index is 13.2. The Morgan fingerprint density at radius 1 is 1.17 bits per heavy atom. The summed E-state index contributed by atoms with van der Waals surface area (Å²) in [6, 6.07) is 8.12. The minimum atomic E-state index is -0.0966. The summed E-state index contributed by atoms with van der Waals surface area (Å²) in [4.78, 5) is 29.5. The molecule has 1 saturated carbocycles. The van der Waals surface area contributed by atoms with Gasteiger partial charge in [0.15, 0.2) is 0 Å². The molecule has 1 saturated heterocycles. The van der Waals surface area contributed by atoms with Gasteiger partial charge < -0.3 is 15.5 Å². The van der Waals surface area contributed by atoms with E-state index in [1.165, 1.54) is 18.4 Å². The molecule has 2 aliphatic rings. The minimum Gasteiger partial charge on any atom is -0.351 e. The van der Waals surface area contributed by atoms with Crippen molar-refractivity contribution in [2.45, 2.75) is 45.2 Å². The van der Waals surface area contributed by atoms with Crippen molar-refractivity contribution in [3.63, 3.8) is 0 Å². The normalized spacial score (nSPS) is 19.0. The van der Waals surface area contributed by atoms with Crippen molar-refractivity contribution in [3.05, 3.63) is 48.0 Å². The van der Waals surface area contributed by atoms with Gasteiger partial charge in [0.25, 0.3) is 0 Å². The third-order valence-corrected chi connectivity index (χ3v) is 6.06. The van der Waals surface area contributed by atoms with Crippen LogP contribution < -0.4 is 10.6 Å². The van der Waals surface area contributed by atoms with Gasteiger partial charge in [-0.25, -0.2) is 4.79 Å². The fraction of sp³-hybridized carbons (Fsp3) is 0.565. The molecule has 158 valence electrons. The summed E-state index contributed by atoms with van der Waals surface area (Å²) in [6.45, 7) is 9.52. The van der Waals surface area contributed by atoms with Crippen molar-refractivity contribution in [1.29, 1.82) is 0 Å². The molecule has 0 aromatic heterocycles. The van der Waals surface area contributed by atoms with E-state index in [4.69, 9.17) is 0 Å². The predicted octanol–water partition coefficient (Wildman–Crippen LogP) is 2.68. The fourth-order valence-electron chi connectivity index (χ4n) is 4.54. The van der Waals surface area contributed by atoms with Crippen LogP contribution in [0.4, 0.5) is 4.79 Å². The van der Waals surface area contributed by atoms with Gasteiger partial charge in [-0.05, 0) is 31.2 Å². The summed E-state index contributed by atoms with van der Waals surface area (Å²) in [6.07, 6.45) is 6.32. The molecular formula is C23H34N4O2. The van der Waals surface area contributed by atoms with Crippen LogP contribution in [0.5, 0.6) is 0 Å². The van der Waals surface area contributed by atoms with Crippen LogP contribution >= 0.6 is 0 Å². The van der Waals surface area contributed by atoms with Crippen molar-refractivity contribution in [1.82, 2.24) is 20.4 Å². The molecular weight excluding hydrogens is 364 g/mol. The Morgan fingerprint density at radius 2 is 1.90 bits per heavy atom. The van der Waals surface area contributed by atoms with Gasteiger partial charge in [0.05, 0.1) is 6.04 Å². The first-order valence-electron chi connectivity index (χ1n) is 10.8. The molecule has 1 aromatic carbocycles. The Morgan fingerprint density at radius 3 is 2.55 bits per heavy atom. The van der Waals surface area contributed by atoms with Gasteiger partial charge >= 0.3 is 6.03 Å². The van der Waals surface area contributed by atoms with Crippen molar-refractivity contribution in [3.8, 4) is 0 Å². The molecule has 1 aliphatic heterocycles. The average Bonchev–Trinajstić information content (AvgIpc) is 3.25. The number of carbonyl (C=O) groups is 2. The number of benzene rings is 1. The van der Waals surface area contributed by atoms with E-state index < -0.39 is 0 Å². The van der Waals surface area contributed by atoms with Crippen molar-refractivity contribution in [2.24, 2.45) is 5.92 Å². The number of amides is 3. The maximum absolute atomic E-state index is 13.2. The number of nitrogens with one attached hydrogen (secondary N) is 2. The summed E-state index contributed by atoms with van der Waals surface area (Å²) in [5, 5.41) is 6.02. The standard InChI is InChI=1S/C23H34N4O2/c1-3-11-24-23(29)27-14-12-26(13-15-27)21(20-9-4-5-10-20)22(28)25-17-19-8-6-7-18(2)16-19/h3,6-8,16,20-21H,1,4-5,9-15,17H2,2H3,(H,24,29)(H,25,28)/t21-/m1/s1. The van der Waals surface area contributed by atoms with E-state index in [1.807, 2.05) is 11.0 Å². The zero-order chi connectivity index (χ0) is 20.6. The molecule has 0 radical (unpaired) electrons. The van der Waals surface area contributed by atoms with Crippen molar-refractivity contribution < 1.29 is 9.59 Å². The number of urea groups is 1. The van der Waals surface area contributed by atoms with Crippen LogP contribution in [0.2, 0.25) is 0 Å². The van der Waals surface area contributed by atoms with Gasteiger partial charge in [-0.15, -0.1) is 6.58 Å². The molecule has 1 atom stereocenters. The highest BCUT2D eigenvalue weighted by atomic mass is 16.2. The first-order chi connectivity index (χ1) is 14.1. The lowest BCUT2D eigenvalue weighted by molar-refractivity contribution is -0.129. The first-order valence-corrected chi connectivity index (χ1v) is 10.8. The molecule has 2 fully saturated rings. The van der Waals surface area contributed by atoms with Crippen LogP contribution in [0.3, 0.4) is 0 Å². The largest absolute Gasteiger partial charge is 0.351 e. The highest BCUT2D eigenvalue weighted by Gasteiger charge is 2.37. The Kier molecular flexibility index (Phi) is 7.69. The number of hydrogen-bond donors (Lipinski definition) is 2. The van der Waals surface area contributed by atoms with E-state index in [0.29, 0.717) is 32.1 Å². The summed E-state index contributed by atoms with van der Waals surface area (Å²) in [5.41, 5.74) is 2.34. The Labute approximate surface area is 174 Å². The van der Waals surface area contributed by atoms with Crippen molar-refractivity contribution >= 4 is 11.9 Å². The second kappa shape index (κ2) is 10.4. The minimum absolute atomic E-state index is 0.0501. The number of carbonyl (C=O) groups excluding carboxylic acids is 2. The smallest absolute Gasteiger partial charge is 0.317 e. The van der Waals surface area contributed by atoms with E-state index in [9.17, 15) is 9.59 Å². The Hall–Kier alpha value is -2.34. The fourth-order valence-corrected chi connectivity index (χ4v) is 4.54. The summed E-state index contributed by atoms with van der Waals surface area (Å²) >= 11 is 0. The zero-order valence-corrected chi connectivity index (χ0v) is 17.5. The van der Waals surface area contributed by atoms with Crippen LogP contribution in [0.25, 0.3) is 0 Å². The number of aryl methyl sites for hydroxylation is 1. The highest BCUT2D eigenvalue weighted by molar-refractivity contribution is 5.82. The highest BCUT2D eigenvalue weighted by Crippen LogP contribution is 2.31. The number of hydrogen-bond acceptors (Lipinski definition) is 3. The molecule has 29 heavy (non-hydrogen) atoms. The van der Waals surface area contributed by atoms with Crippen LogP contribution in [-0.2, 0) is 11.3 Å². The monoisotopic (exact) mass is 398 g/mol. The topological polar surface area (TPSA) is 64.7 Å². The van der Waals surface area contributed by atoms with Crippen LogP contribution in [0, 0.1) is 12.8 Å². The number of nitrogens with zero attached hydrogens (tertiary/aromatic N) is 2. The molecule has 3 rings (SSSR count). The second-order valence-electron chi connectivity index (χ2n) is 8.19. The third-order valence-electron chi connectivity index (χ3n) is 6.06. The van der Waals surface area contributed by atoms with Gasteiger partial charge in [-0.2, -0.15) is 0 Å². The molecule has 0 unspecified atom stereocenters. The predicted molar refractivity (Wildman–Crippen MR) is 116 cm³/mol. The van der Waals surface area contributed by atoms with Crippen molar-refractivity contribution in [2.75, 3.05) is 32.7 Å². The van der Waals surface area contributed by atoms with Crippen LogP contribution in [0.1, 0.15) is 36.8 Å². The van der Waals surface area contributed by atoms with Gasteiger partial charge in [0.1, 0.15) is 0 Å². The van der Waals surface area contributed by atoms with E-state index >= 15 is 0 Å². The Balaban J connectivity index is 1.59. The third kappa shape index (κ3) is 5.82. The summed E-state index contributed by atoms with van der Waals surface area (Å²) < 4.78 is 0. The van der Waals surface area contributed by atoms with E-state index in [2.05, 4.69) is 47.2 Å². The van der Waals surface area contributed by atoms with Gasteiger partial charge in [0.2, 0.25) is 5.91 Å². The molecule has 1 aliphatic carbocycles. The van der Waals surface area contributed by atoms with E-state index in [1.54, 1.807) is 6.08 Å². The average molecular weight is 399 g/mol. The summed E-state index contributed by atoms with van der Waals surface area (Å²) in [7, 11) is 0. The Bertz CT molecular complexity index is 707. The quantitative estimate of drug-likeness (QED) is 0.694. The van der Waals surface area contributed by atoms with Crippen LogP contribution in [-0.4, -0.2) is 60.5 Å². The molecule has 2 N–H and O–H groups in total. The molecule has 0 bridgehead atoms. The number of rotatable bonds is 7. The van der Waals surface area contributed by atoms with E-state index in [0.717, 1.165) is 31.5 Å². The van der Waals surface area contributed by atoms with Gasteiger partial charge in [-0.1, -0.05) is 48.7 Å². The first kappa shape index (κ1) is 21.4. The molecule has 3 amide bonds. The molecule has 1 heterocycles. The maximum Gasteiger partial charge on any atom is 0.317 e. The van der Waals surface area contributed by atoms with E-state index in [-0.39, 0.29) is 18.0 Å². The lowest BCUT2D eigenvalue weighted by Gasteiger charge is -2.40. The number of piperazine rings is 1. The van der Waals surface area contributed by atoms with Gasteiger partial charge in [0, 0.05) is 39.3 Å². The molecule has 6 nitrogen and oxygen atoms in total. The second-order valence-corrected chi connectivity index (χ2v) is 8.19. The molecule has 1 aromatic rings. The summed E-state index contributed by atoms with van der Waals surface area (Å²) in [5.74, 6) is 0.539. The lowest BCUT2D eigenvalue weighted by Crippen LogP contribution is -2.58. The lowest BCUT2D eigenvalue weighted by atomic mass is 9.95. The van der Waals surface area contributed by atoms with Gasteiger partial charge in [-0.3, -0.25) is 9.69 Å². The van der Waals surface area contributed by atoms with Crippen LogP contribution in [0.15, 0.2) is 36.9 Å².